The van der Waals surface area contributed by atoms with Gasteiger partial charge in [0, 0.05) is 27.8 Å². The first-order valence-electron chi connectivity index (χ1n) is 10.3. The Morgan fingerprint density at radius 2 is 1.79 bits per heavy atom. The third-order valence-electron chi connectivity index (χ3n) is 5.46. The van der Waals surface area contributed by atoms with Crippen molar-refractivity contribution in [2.75, 3.05) is 5.32 Å². The van der Waals surface area contributed by atoms with E-state index in [1.165, 1.54) is 25.7 Å². The topological polar surface area (TPSA) is 82.2 Å². The summed E-state index contributed by atoms with van der Waals surface area (Å²) in [5.74, 6) is 2.16. The van der Waals surface area contributed by atoms with E-state index in [9.17, 15) is 4.79 Å². The Hall–Kier alpha value is -2.34. The molecular formula is C22H28ClN5O. The van der Waals surface area contributed by atoms with E-state index in [0.29, 0.717) is 34.2 Å². The first-order chi connectivity index (χ1) is 13.8. The molecule has 0 bridgehead atoms. The van der Waals surface area contributed by atoms with Gasteiger partial charge in [-0.3, -0.25) is 15.2 Å². The fraction of sp³-hybridized carbons (Fsp3) is 0.500. The van der Waals surface area contributed by atoms with Crippen LogP contribution in [-0.2, 0) is 5.41 Å². The number of H-pyrrole nitrogens is 1. The molecule has 4 rings (SSSR count). The molecule has 7 heteroatoms. The van der Waals surface area contributed by atoms with E-state index in [0.717, 1.165) is 5.69 Å². The first kappa shape index (κ1) is 20.0. The minimum atomic E-state index is -0.218. The number of rotatable bonds is 5. The van der Waals surface area contributed by atoms with Crippen LogP contribution in [0.2, 0.25) is 5.02 Å². The molecule has 0 saturated heterocycles. The molecule has 1 amide bonds. The number of hydrogen-bond donors (Lipinski definition) is 3. The number of aromatic amines is 1. The van der Waals surface area contributed by atoms with Crippen LogP contribution < -0.4 is 10.6 Å². The molecule has 1 aromatic carbocycles. The van der Waals surface area contributed by atoms with Gasteiger partial charge in [-0.1, -0.05) is 32.4 Å². The zero-order chi connectivity index (χ0) is 20.6. The third kappa shape index (κ3) is 5.18. The molecule has 154 valence electrons. The number of carbonyl (C=O) groups excluding carboxylic acids is 1. The second kappa shape index (κ2) is 7.82. The van der Waals surface area contributed by atoms with Crippen LogP contribution in [-0.4, -0.2) is 28.1 Å². The maximum Gasteiger partial charge on any atom is 0.257 e. The minimum Gasteiger partial charge on any atom is -0.309 e. The Labute approximate surface area is 176 Å². The van der Waals surface area contributed by atoms with Gasteiger partial charge in [-0.15, -0.1) is 0 Å². The summed E-state index contributed by atoms with van der Waals surface area (Å²) in [7, 11) is 0. The summed E-state index contributed by atoms with van der Waals surface area (Å²) in [5.41, 5.74) is 1.52. The SMILES string of the molecule is CC(C)(C)c1cc(NC(=NC(C2CC2)C2CC2)NC(=O)c2ccc(Cl)cc2)n[nH]1. The lowest BCUT2D eigenvalue weighted by atomic mass is 9.92. The summed E-state index contributed by atoms with van der Waals surface area (Å²) in [6, 6.07) is 9.07. The van der Waals surface area contributed by atoms with Gasteiger partial charge in [0.2, 0.25) is 5.96 Å². The van der Waals surface area contributed by atoms with Crippen molar-refractivity contribution in [1.29, 1.82) is 0 Å². The van der Waals surface area contributed by atoms with Gasteiger partial charge in [0.15, 0.2) is 5.82 Å². The van der Waals surface area contributed by atoms with Gasteiger partial charge in [0.05, 0.1) is 6.04 Å². The molecule has 2 saturated carbocycles. The average Bonchev–Trinajstić information content (AvgIpc) is 3.58. The summed E-state index contributed by atoms with van der Waals surface area (Å²) in [4.78, 5) is 17.7. The van der Waals surface area contributed by atoms with Crippen LogP contribution in [0.15, 0.2) is 35.3 Å². The van der Waals surface area contributed by atoms with Crippen LogP contribution in [0.3, 0.4) is 0 Å². The molecule has 6 nitrogen and oxygen atoms in total. The van der Waals surface area contributed by atoms with E-state index in [4.69, 9.17) is 16.6 Å². The van der Waals surface area contributed by atoms with Gasteiger partial charge in [0.25, 0.3) is 5.91 Å². The highest BCUT2D eigenvalue weighted by atomic mass is 35.5. The van der Waals surface area contributed by atoms with Crippen molar-refractivity contribution in [1.82, 2.24) is 15.5 Å². The van der Waals surface area contributed by atoms with Gasteiger partial charge in [-0.2, -0.15) is 5.10 Å². The zero-order valence-electron chi connectivity index (χ0n) is 17.1. The van der Waals surface area contributed by atoms with Crippen molar-refractivity contribution in [2.45, 2.75) is 57.9 Å². The quantitative estimate of drug-likeness (QED) is 0.488. The third-order valence-corrected chi connectivity index (χ3v) is 5.71. The highest BCUT2D eigenvalue weighted by molar-refractivity contribution is 6.30. The Morgan fingerprint density at radius 1 is 1.17 bits per heavy atom. The van der Waals surface area contributed by atoms with Crippen molar-refractivity contribution >= 4 is 29.3 Å². The molecule has 2 aromatic rings. The maximum atomic E-state index is 12.8. The van der Waals surface area contributed by atoms with E-state index >= 15 is 0 Å². The van der Waals surface area contributed by atoms with Gasteiger partial charge in [-0.05, 0) is 61.8 Å². The second-order valence-corrected chi connectivity index (χ2v) is 9.58. The van der Waals surface area contributed by atoms with Crippen LogP contribution in [0.1, 0.15) is 62.5 Å². The number of amides is 1. The molecule has 29 heavy (non-hydrogen) atoms. The molecular weight excluding hydrogens is 386 g/mol. The second-order valence-electron chi connectivity index (χ2n) is 9.15. The number of nitrogens with zero attached hydrogens (tertiary/aromatic N) is 2. The largest absolute Gasteiger partial charge is 0.309 e. The van der Waals surface area contributed by atoms with Gasteiger partial charge in [0.1, 0.15) is 0 Å². The number of anilines is 1. The van der Waals surface area contributed by atoms with Crippen LogP contribution in [0, 0.1) is 11.8 Å². The lowest BCUT2D eigenvalue weighted by Crippen LogP contribution is -2.37. The number of carbonyl (C=O) groups is 1. The van der Waals surface area contributed by atoms with E-state index in [1.807, 2.05) is 6.07 Å². The molecule has 3 N–H and O–H groups in total. The fourth-order valence-corrected chi connectivity index (χ4v) is 3.51. The number of aromatic nitrogens is 2. The summed E-state index contributed by atoms with van der Waals surface area (Å²) >= 11 is 5.94. The van der Waals surface area contributed by atoms with E-state index < -0.39 is 0 Å². The molecule has 0 radical (unpaired) electrons. The van der Waals surface area contributed by atoms with E-state index in [2.05, 4.69) is 41.6 Å². The predicted octanol–water partition coefficient (Wildman–Crippen LogP) is 4.75. The molecule has 2 aliphatic carbocycles. The average molecular weight is 414 g/mol. The van der Waals surface area contributed by atoms with E-state index in [1.54, 1.807) is 24.3 Å². The van der Waals surface area contributed by atoms with Crippen LogP contribution in [0.25, 0.3) is 0 Å². The highest BCUT2D eigenvalue weighted by Crippen LogP contribution is 2.46. The minimum absolute atomic E-state index is 0.0403. The lowest BCUT2D eigenvalue weighted by molar-refractivity contribution is 0.0976. The Bertz CT molecular complexity index is 892. The molecule has 2 fully saturated rings. The number of aliphatic imine (C=N–C) groups is 1. The normalized spacial score (nSPS) is 17.5. The Kier molecular flexibility index (Phi) is 5.38. The van der Waals surface area contributed by atoms with Crippen molar-refractivity contribution in [3.05, 3.63) is 46.6 Å². The number of nitrogens with one attached hydrogen (secondary N) is 3. The molecule has 1 aromatic heterocycles. The van der Waals surface area contributed by atoms with Crippen molar-refractivity contribution in [3.63, 3.8) is 0 Å². The maximum absolute atomic E-state index is 12.8. The number of benzene rings is 1. The molecule has 0 aliphatic heterocycles. The van der Waals surface area contributed by atoms with Gasteiger partial charge in [-0.25, -0.2) is 4.99 Å². The van der Waals surface area contributed by atoms with Crippen LogP contribution >= 0.6 is 11.6 Å². The summed E-state index contributed by atoms with van der Waals surface area (Å²) in [6.07, 6.45) is 4.89. The Balaban J connectivity index is 1.56. The standard InChI is InChI=1S/C22H28ClN5O/c1-22(2,3)17-12-18(28-27-17)24-21(25-19(13-4-5-13)14-6-7-14)26-20(29)15-8-10-16(23)11-9-15/h8-14,19H,4-7H2,1-3H3,(H3,24,25,26,27,28,29). The molecule has 0 unspecified atom stereocenters. The molecule has 0 atom stereocenters. The fourth-order valence-electron chi connectivity index (χ4n) is 3.39. The van der Waals surface area contributed by atoms with Gasteiger partial charge < -0.3 is 5.32 Å². The van der Waals surface area contributed by atoms with Crippen LogP contribution in [0.5, 0.6) is 0 Å². The van der Waals surface area contributed by atoms with Crippen molar-refractivity contribution in [3.8, 4) is 0 Å². The smallest absolute Gasteiger partial charge is 0.257 e. The Morgan fingerprint density at radius 3 is 2.31 bits per heavy atom. The number of halogens is 1. The van der Waals surface area contributed by atoms with Gasteiger partial charge >= 0.3 is 0 Å². The van der Waals surface area contributed by atoms with Crippen molar-refractivity contribution < 1.29 is 4.79 Å². The predicted molar refractivity (Wildman–Crippen MR) is 116 cm³/mol. The zero-order valence-corrected chi connectivity index (χ0v) is 17.9. The molecule has 0 spiro atoms. The number of guanidine groups is 1. The van der Waals surface area contributed by atoms with E-state index in [-0.39, 0.29) is 17.4 Å². The summed E-state index contributed by atoms with van der Waals surface area (Å²) < 4.78 is 0. The lowest BCUT2D eigenvalue weighted by Gasteiger charge is -2.16. The highest BCUT2D eigenvalue weighted by Gasteiger charge is 2.41. The van der Waals surface area contributed by atoms with Crippen molar-refractivity contribution in [2.24, 2.45) is 16.8 Å². The number of hydrogen-bond acceptors (Lipinski definition) is 3. The first-order valence-corrected chi connectivity index (χ1v) is 10.6. The van der Waals surface area contributed by atoms with Crippen LogP contribution in [0.4, 0.5) is 5.82 Å². The monoisotopic (exact) mass is 413 g/mol. The molecule has 1 heterocycles. The summed E-state index contributed by atoms with van der Waals surface area (Å²) in [6.45, 7) is 6.37. The summed E-state index contributed by atoms with van der Waals surface area (Å²) in [5, 5.41) is 14.2. The molecule has 2 aliphatic rings.